The summed E-state index contributed by atoms with van der Waals surface area (Å²) in [6, 6.07) is 14.8. The number of carbonyl (C=O) groups excluding carboxylic acids is 1. The Hall–Kier alpha value is -2.93. The van der Waals surface area contributed by atoms with E-state index in [1.807, 2.05) is 50.2 Å². The van der Waals surface area contributed by atoms with E-state index < -0.39 is 0 Å². The second kappa shape index (κ2) is 8.21. The van der Waals surface area contributed by atoms with Gasteiger partial charge in [0.15, 0.2) is 0 Å². The Kier molecular flexibility index (Phi) is 5.49. The number of rotatable bonds is 6. The van der Waals surface area contributed by atoms with Gasteiger partial charge < -0.3 is 14.8 Å². The summed E-state index contributed by atoms with van der Waals surface area (Å²) in [5.41, 5.74) is 3.55. The largest absolute Gasteiger partial charge is 0.497 e. The van der Waals surface area contributed by atoms with Gasteiger partial charge in [0.05, 0.1) is 24.6 Å². The minimum Gasteiger partial charge on any atom is -0.497 e. The maximum Gasteiger partial charge on any atom is 0.256 e. The number of carbonyl (C=O) groups is 1. The molecule has 1 aromatic heterocycles. The van der Waals surface area contributed by atoms with Gasteiger partial charge in [-0.05, 0) is 62.4 Å². The Morgan fingerprint density at radius 2 is 1.76 bits per heavy atom. The summed E-state index contributed by atoms with van der Waals surface area (Å²) in [5, 5.41) is 7.80. The zero-order valence-corrected chi connectivity index (χ0v) is 17.5. The molecule has 0 spiro atoms. The van der Waals surface area contributed by atoms with E-state index in [1.54, 1.807) is 35.7 Å². The molecular weight excluding hydrogens is 386 g/mol. The summed E-state index contributed by atoms with van der Waals surface area (Å²) in [7, 11) is 1.64. The normalized spacial score (nSPS) is 12.7. The number of thioether (sulfide) groups is 1. The van der Waals surface area contributed by atoms with Crippen LogP contribution in [0.3, 0.4) is 0 Å². The minimum atomic E-state index is -0.171. The summed E-state index contributed by atoms with van der Waals surface area (Å²) in [6.45, 7) is 3.94. The van der Waals surface area contributed by atoms with Gasteiger partial charge in [-0.2, -0.15) is 16.9 Å². The van der Waals surface area contributed by atoms with Gasteiger partial charge in [0, 0.05) is 22.6 Å². The van der Waals surface area contributed by atoms with Crippen molar-refractivity contribution in [1.29, 1.82) is 0 Å². The maximum absolute atomic E-state index is 12.9. The second-order valence-electron chi connectivity index (χ2n) is 7.02. The Bertz CT molecular complexity index is 1010. The number of benzene rings is 2. The molecule has 6 nitrogen and oxygen atoms in total. The first-order chi connectivity index (χ1) is 14.0. The number of ether oxygens (including phenoxy) is 2. The van der Waals surface area contributed by atoms with E-state index in [0.29, 0.717) is 5.56 Å². The molecule has 150 valence electrons. The van der Waals surface area contributed by atoms with Crippen LogP contribution in [0.1, 0.15) is 35.5 Å². The van der Waals surface area contributed by atoms with E-state index in [4.69, 9.17) is 14.6 Å². The lowest BCUT2D eigenvalue weighted by atomic mass is 10.2. The molecule has 3 aromatic rings. The molecule has 4 rings (SSSR count). The van der Waals surface area contributed by atoms with Crippen LogP contribution in [0.2, 0.25) is 0 Å². The van der Waals surface area contributed by atoms with Crippen molar-refractivity contribution in [3.8, 4) is 17.2 Å². The number of nitrogens with zero attached hydrogens (tertiary/aromatic N) is 2. The molecule has 0 atom stereocenters. The van der Waals surface area contributed by atoms with Crippen LogP contribution < -0.4 is 14.8 Å². The van der Waals surface area contributed by atoms with Gasteiger partial charge in [0.1, 0.15) is 17.3 Å². The molecule has 1 aliphatic rings. The lowest BCUT2D eigenvalue weighted by Gasteiger charge is -2.12. The van der Waals surface area contributed by atoms with E-state index in [0.717, 1.165) is 45.8 Å². The highest BCUT2D eigenvalue weighted by molar-refractivity contribution is 7.98. The second-order valence-corrected chi connectivity index (χ2v) is 8.01. The Balaban J connectivity index is 1.61. The van der Waals surface area contributed by atoms with Crippen LogP contribution in [0.15, 0.2) is 48.5 Å². The van der Waals surface area contributed by atoms with Crippen molar-refractivity contribution in [2.24, 2.45) is 0 Å². The molecular formula is C22H23N3O3S. The van der Waals surface area contributed by atoms with Crippen LogP contribution >= 0.6 is 11.8 Å². The molecule has 0 aliphatic carbocycles. The van der Waals surface area contributed by atoms with Crippen LogP contribution in [-0.2, 0) is 11.5 Å². The summed E-state index contributed by atoms with van der Waals surface area (Å²) in [4.78, 5) is 12.9. The molecule has 0 saturated carbocycles. The highest BCUT2D eigenvalue weighted by atomic mass is 32.2. The number of nitrogens with one attached hydrogen (secondary N) is 1. The van der Waals surface area contributed by atoms with Gasteiger partial charge in [-0.25, -0.2) is 4.68 Å². The lowest BCUT2D eigenvalue weighted by molar-refractivity contribution is 0.102. The molecule has 2 heterocycles. The third-order valence-corrected chi connectivity index (χ3v) is 5.56. The van der Waals surface area contributed by atoms with E-state index >= 15 is 0 Å². The summed E-state index contributed by atoms with van der Waals surface area (Å²) in [5.74, 6) is 3.76. The molecule has 7 heteroatoms. The SMILES string of the molecule is COc1ccc(-n2nc3c(c2NC(=O)c2ccc(OC(C)C)cc2)CSC3)cc1. The summed E-state index contributed by atoms with van der Waals surface area (Å²) < 4.78 is 12.7. The Morgan fingerprint density at radius 3 is 2.41 bits per heavy atom. The number of anilines is 1. The van der Waals surface area contributed by atoms with E-state index in [-0.39, 0.29) is 12.0 Å². The molecule has 1 aliphatic heterocycles. The van der Waals surface area contributed by atoms with Crippen LogP contribution in [-0.4, -0.2) is 28.9 Å². The molecule has 1 amide bonds. The third-order valence-electron chi connectivity index (χ3n) is 4.59. The fourth-order valence-corrected chi connectivity index (χ4v) is 4.22. The smallest absolute Gasteiger partial charge is 0.256 e. The standard InChI is InChI=1S/C22H23N3O3S/c1-14(2)28-18-8-4-15(5-9-18)22(26)23-21-19-12-29-13-20(19)24-25(21)16-6-10-17(27-3)11-7-16/h4-11,14H,12-13H2,1-3H3,(H,23,26). The van der Waals surface area contributed by atoms with Gasteiger partial charge in [0.2, 0.25) is 0 Å². The van der Waals surface area contributed by atoms with Crippen molar-refractivity contribution >= 4 is 23.5 Å². The van der Waals surface area contributed by atoms with E-state index in [9.17, 15) is 4.79 Å². The molecule has 0 bridgehead atoms. The Labute approximate surface area is 174 Å². The Morgan fingerprint density at radius 1 is 1.07 bits per heavy atom. The molecule has 2 aromatic carbocycles. The van der Waals surface area contributed by atoms with Crippen molar-refractivity contribution < 1.29 is 14.3 Å². The summed E-state index contributed by atoms with van der Waals surface area (Å²) >= 11 is 1.80. The zero-order valence-electron chi connectivity index (χ0n) is 16.6. The highest BCUT2D eigenvalue weighted by Crippen LogP contribution is 2.36. The zero-order chi connectivity index (χ0) is 20.4. The van der Waals surface area contributed by atoms with Crippen LogP contribution in [0.4, 0.5) is 5.82 Å². The van der Waals surface area contributed by atoms with E-state index in [1.165, 1.54) is 0 Å². The van der Waals surface area contributed by atoms with Gasteiger partial charge in [0.25, 0.3) is 5.91 Å². The predicted octanol–water partition coefficient (Wildman–Crippen LogP) is 4.67. The van der Waals surface area contributed by atoms with Gasteiger partial charge in [-0.15, -0.1) is 0 Å². The molecule has 0 unspecified atom stereocenters. The van der Waals surface area contributed by atoms with Crippen molar-refractivity contribution in [3.05, 3.63) is 65.4 Å². The first-order valence-corrected chi connectivity index (χ1v) is 10.6. The number of fused-ring (bicyclic) bond motifs is 1. The molecule has 1 N–H and O–H groups in total. The van der Waals surface area contributed by atoms with Gasteiger partial charge in [-0.3, -0.25) is 4.79 Å². The number of methoxy groups -OCH3 is 1. The topological polar surface area (TPSA) is 65.4 Å². The summed E-state index contributed by atoms with van der Waals surface area (Å²) in [6.07, 6.45) is 0.0913. The number of aromatic nitrogens is 2. The predicted molar refractivity (Wildman–Crippen MR) is 115 cm³/mol. The van der Waals surface area contributed by atoms with Crippen molar-refractivity contribution in [2.45, 2.75) is 31.5 Å². The lowest BCUT2D eigenvalue weighted by Crippen LogP contribution is -2.16. The first kappa shape index (κ1) is 19.4. The third kappa shape index (κ3) is 4.10. The van der Waals surface area contributed by atoms with Gasteiger partial charge in [-0.1, -0.05) is 0 Å². The fourth-order valence-electron chi connectivity index (χ4n) is 3.19. The quantitative estimate of drug-likeness (QED) is 0.641. The number of hydrogen-bond donors (Lipinski definition) is 1. The molecule has 0 radical (unpaired) electrons. The number of amides is 1. The van der Waals surface area contributed by atoms with Crippen molar-refractivity contribution in [1.82, 2.24) is 9.78 Å². The van der Waals surface area contributed by atoms with E-state index in [2.05, 4.69) is 5.32 Å². The molecule has 0 fully saturated rings. The van der Waals surface area contributed by atoms with Crippen molar-refractivity contribution in [2.75, 3.05) is 12.4 Å². The average molecular weight is 410 g/mol. The fraction of sp³-hybridized carbons (Fsp3) is 0.273. The van der Waals surface area contributed by atoms with Crippen LogP contribution in [0, 0.1) is 0 Å². The highest BCUT2D eigenvalue weighted by Gasteiger charge is 2.25. The first-order valence-electron chi connectivity index (χ1n) is 9.46. The van der Waals surface area contributed by atoms with Crippen LogP contribution in [0.5, 0.6) is 11.5 Å². The molecule has 0 saturated heterocycles. The number of hydrogen-bond acceptors (Lipinski definition) is 5. The molecule has 29 heavy (non-hydrogen) atoms. The average Bonchev–Trinajstić information content (AvgIpc) is 3.31. The van der Waals surface area contributed by atoms with Crippen LogP contribution in [0.25, 0.3) is 5.69 Å². The minimum absolute atomic E-state index is 0.0913. The van der Waals surface area contributed by atoms with Crippen molar-refractivity contribution in [3.63, 3.8) is 0 Å². The van der Waals surface area contributed by atoms with Gasteiger partial charge >= 0.3 is 0 Å². The monoisotopic (exact) mass is 409 g/mol. The maximum atomic E-state index is 12.9.